The number of carbonyl (C=O) groups excluding carboxylic acids is 2. The van der Waals surface area contributed by atoms with Crippen LogP contribution in [0.15, 0.2) is 60.7 Å². The Morgan fingerprint density at radius 2 is 1.70 bits per heavy atom. The monoisotopic (exact) mass is 423 g/mol. The van der Waals surface area contributed by atoms with Crippen LogP contribution in [-0.2, 0) is 21.2 Å². The van der Waals surface area contributed by atoms with E-state index in [0.717, 1.165) is 16.3 Å². The lowest BCUT2D eigenvalue weighted by Crippen LogP contribution is -2.34. The van der Waals surface area contributed by atoms with Crippen LogP contribution in [-0.4, -0.2) is 39.6 Å². The van der Waals surface area contributed by atoms with Crippen LogP contribution in [0, 0.1) is 0 Å². The predicted octanol–water partition coefficient (Wildman–Crippen LogP) is 3.59. The van der Waals surface area contributed by atoms with Gasteiger partial charge in [-0.05, 0) is 59.5 Å². The van der Waals surface area contributed by atoms with E-state index in [1.165, 1.54) is 10.6 Å². The van der Waals surface area contributed by atoms with Crippen molar-refractivity contribution in [1.29, 1.82) is 0 Å². The first kappa shape index (κ1) is 20.1. The summed E-state index contributed by atoms with van der Waals surface area (Å²) in [5, 5.41) is 1.94. The molecule has 0 atom stereocenters. The van der Waals surface area contributed by atoms with Crippen molar-refractivity contribution in [2.75, 3.05) is 23.7 Å². The van der Waals surface area contributed by atoms with Crippen LogP contribution < -0.4 is 4.31 Å². The molecule has 0 amide bonds. The van der Waals surface area contributed by atoms with Crippen molar-refractivity contribution in [2.45, 2.75) is 12.8 Å². The number of anilines is 1. The van der Waals surface area contributed by atoms with Gasteiger partial charge in [-0.25, -0.2) is 13.2 Å². The number of aryl methyl sites for hydroxylation is 1. The van der Waals surface area contributed by atoms with Crippen molar-refractivity contribution < 1.29 is 22.7 Å². The number of fused-ring (bicyclic) bond motifs is 2. The normalized spacial score (nSPS) is 13.7. The molecule has 1 heterocycles. The van der Waals surface area contributed by atoms with Crippen molar-refractivity contribution in [3.8, 4) is 0 Å². The van der Waals surface area contributed by atoms with E-state index < -0.39 is 16.0 Å². The summed E-state index contributed by atoms with van der Waals surface area (Å²) in [6, 6.07) is 17.8. The average Bonchev–Trinajstić information content (AvgIpc) is 2.75. The highest BCUT2D eigenvalue weighted by molar-refractivity contribution is 7.92. The summed E-state index contributed by atoms with van der Waals surface area (Å²) in [6.07, 6.45) is 2.56. The number of rotatable bonds is 5. The summed E-state index contributed by atoms with van der Waals surface area (Å²) in [5.74, 6) is -0.890. The molecule has 0 saturated carbocycles. The Morgan fingerprint density at radius 3 is 2.47 bits per heavy atom. The van der Waals surface area contributed by atoms with Gasteiger partial charge in [0.05, 0.1) is 17.5 Å². The second kappa shape index (κ2) is 7.91. The molecule has 1 aliphatic rings. The van der Waals surface area contributed by atoms with E-state index in [2.05, 4.69) is 0 Å². The average molecular weight is 423 g/mol. The molecule has 0 fully saturated rings. The molecule has 0 unspecified atom stereocenters. The Hall–Kier alpha value is -3.19. The first-order valence-corrected chi connectivity index (χ1v) is 11.5. The standard InChI is InChI=1S/C23H21NO5S/c1-30(27,28)24-12-4-7-18-14-19(10-11-21(18)24)22(25)15-29-23(26)20-9-8-16-5-2-3-6-17(16)13-20/h2-3,5-6,8-11,13-14H,4,7,12,15H2,1H3. The minimum absolute atomic E-state index is 0.330. The minimum Gasteiger partial charge on any atom is -0.454 e. The van der Waals surface area contributed by atoms with Gasteiger partial charge in [-0.15, -0.1) is 0 Å². The Kier molecular flexibility index (Phi) is 5.30. The van der Waals surface area contributed by atoms with E-state index >= 15 is 0 Å². The van der Waals surface area contributed by atoms with E-state index in [0.29, 0.717) is 36.2 Å². The number of esters is 1. The third-order valence-electron chi connectivity index (χ3n) is 5.20. The molecule has 0 aromatic heterocycles. The Balaban J connectivity index is 1.47. The second-order valence-corrected chi connectivity index (χ2v) is 9.25. The summed E-state index contributed by atoms with van der Waals surface area (Å²) in [6.45, 7) is 0.0583. The highest BCUT2D eigenvalue weighted by Gasteiger charge is 2.25. The van der Waals surface area contributed by atoms with Gasteiger partial charge >= 0.3 is 5.97 Å². The minimum atomic E-state index is -3.36. The van der Waals surface area contributed by atoms with Crippen LogP contribution >= 0.6 is 0 Å². The zero-order chi connectivity index (χ0) is 21.3. The summed E-state index contributed by atoms with van der Waals surface area (Å²) in [4.78, 5) is 24.9. The number of benzene rings is 3. The number of ketones is 1. The number of carbonyl (C=O) groups is 2. The maximum absolute atomic E-state index is 12.5. The largest absolute Gasteiger partial charge is 0.454 e. The third-order valence-corrected chi connectivity index (χ3v) is 6.38. The first-order chi connectivity index (χ1) is 14.3. The van der Waals surface area contributed by atoms with Gasteiger partial charge in [0.1, 0.15) is 0 Å². The molecule has 7 heteroatoms. The van der Waals surface area contributed by atoms with Gasteiger partial charge in [0, 0.05) is 12.1 Å². The predicted molar refractivity (Wildman–Crippen MR) is 116 cm³/mol. The lowest BCUT2D eigenvalue weighted by molar-refractivity contribution is 0.0475. The van der Waals surface area contributed by atoms with Crippen LogP contribution in [0.25, 0.3) is 10.8 Å². The van der Waals surface area contributed by atoms with Crippen LogP contribution in [0.4, 0.5) is 5.69 Å². The number of sulfonamides is 1. The number of ether oxygens (including phenoxy) is 1. The number of Topliss-reactive ketones (excluding diaryl/α,β-unsaturated/α-hetero) is 1. The third kappa shape index (κ3) is 4.07. The van der Waals surface area contributed by atoms with Gasteiger partial charge in [0.15, 0.2) is 12.4 Å². The fraction of sp³-hybridized carbons (Fsp3) is 0.217. The molecular formula is C23H21NO5S. The number of nitrogens with zero attached hydrogens (tertiary/aromatic N) is 1. The van der Waals surface area contributed by atoms with Crippen LogP contribution in [0.3, 0.4) is 0 Å². The molecule has 4 rings (SSSR count). The van der Waals surface area contributed by atoms with Gasteiger partial charge in [-0.2, -0.15) is 0 Å². The maximum atomic E-state index is 12.5. The summed E-state index contributed by atoms with van der Waals surface area (Å²) in [5.41, 5.74) is 2.19. The Bertz CT molecular complexity index is 1250. The second-order valence-electron chi connectivity index (χ2n) is 7.34. The maximum Gasteiger partial charge on any atom is 0.338 e. The van der Waals surface area contributed by atoms with E-state index in [1.54, 1.807) is 30.3 Å². The Labute approximate surface area is 175 Å². The Morgan fingerprint density at radius 1 is 0.967 bits per heavy atom. The lowest BCUT2D eigenvalue weighted by atomic mass is 9.99. The quantitative estimate of drug-likeness (QED) is 0.463. The lowest BCUT2D eigenvalue weighted by Gasteiger charge is -2.29. The number of hydrogen-bond acceptors (Lipinski definition) is 5. The molecule has 0 spiro atoms. The summed E-state index contributed by atoms with van der Waals surface area (Å²) in [7, 11) is -3.36. The van der Waals surface area contributed by atoms with Crippen molar-refractivity contribution in [3.05, 3.63) is 77.4 Å². The molecular weight excluding hydrogens is 402 g/mol. The fourth-order valence-corrected chi connectivity index (χ4v) is 4.69. The first-order valence-electron chi connectivity index (χ1n) is 9.63. The summed E-state index contributed by atoms with van der Waals surface area (Å²) >= 11 is 0. The smallest absolute Gasteiger partial charge is 0.338 e. The van der Waals surface area contributed by atoms with Crippen molar-refractivity contribution in [2.24, 2.45) is 0 Å². The molecule has 0 bridgehead atoms. The van der Waals surface area contributed by atoms with Gasteiger partial charge in [0.2, 0.25) is 10.0 Å². The van der Waals surface area contributed by atoms with E-state index in [9.17, 15) is 18.0 Å². The molecule has 3 aromatic rings. The molecule has 1 aliphatic heterocycles. The highest BCUT2D eigenvalue weighted by atomic mass is 32.2. The van der Waals surface area contributed by atoms with Crippen LogP contribution in [0.1, 0.15) is 32.7 Å². The molecule has 0 aliphatic carbocycles. The van der Waals surface area contributed by atoms with E-state index in [-0.39, 0.29) is 12.4 Å². The van der Waals surface area contributed by atoms with E-state index in [4.69, 9.17) is 4.74 Å². The number of hydrogen-bond donors (Lipinski definition) is 0. The van der Waals surface area contributed by atoms with Gasteiger partial charge < -0.3 is 4.74 Å². The van der Waals surface area contributed by atoms with Gasteiger partial charge in [-0.1, -0.05) is 30.3 Å². The topological polar surface area (TPSA) is 80.8 Å². The van der Waals surface area contributed by atoms with Gasteiger partial charge in [0.25, 0.3) is 0 Å². The zero-order valence-corrected chi connectivity index (χ0v) is 17.3. The van der Waals surface area contributed by atoms with Crippen LogP contribution in [0.2, 0.25) is 0 Å². The van der Waals surface area contributed by atoms with Crippen molar-refractivity contribution in [3.63, 3.8) is 0 Å². The molecule has 0 N–H and O–H groups in total. The molecule has 0 saturated heterocycles. The highest BCUT2D eigenvalue weighted by Crippen LogP contribution is 2.30. The molecule has 30 heavy (non-hydrogen) atoms. The molecule has 6 nitrogen and oxygen atoms in total. The SMILES string of the molecule is CS(=O)(=O)N1CCCc2cc(C(=O)COC(=O)c3ccc4ccccc4c3)ccc21. The van der Waals surface area contributed by atoms with Crippen molar-refractivity contribution >= 4 is 38.2 Å². The molecule has 154 valence electrons. The van der Waals surface area contributed by atoms with Crippen LogP contribution in [0.5, 0.6) is 0 Å². The molecule has 3 aromatic carbocycles. The zero-order valence-electron chi connectivity index (χ0n) is 16.5. The van der Waals surface area contributed by atoms with Gasteiger partial charge in [-0.3, -0.25) is 9.10 Å². The summed E-state index contributed by atoms with van der Waals surface area (Å²) < 4.78 is 30.5. The molecule has 0 radical (unpaired) electrons. The fourth-order valence-electron chi connectivity index (χ4n) is 3.69. The van der Waals surface area contributed by atoms with E-state index in [1.807, 2.05) is 30.3 Å². The van der Waals surface area contributed by atoms with Crippen molar-refractivity contribution in [1.82, 2.24) is 0 Å².